The third-order valence-corrected chi connectivity index (χ3v) is 5.41. The first-order chi connectivity index (χ1) is 14.3. The van der Waals surface area contributed by atoms with E-state index < -0.39 is 0 Å². The van der Waals surface area contributed by atoms with Gasteiger partial charge in [0.2, 0.25) is 0 Å². The van der Waals surface area contributed by atoms with Gasteiger partial charge < -0.3 is 24.5 Å². The van der Waals surface area contributed by atoms with Crippen molar-refractivity contribution < 1.29 is 13.9 Å². The number of likely N-dealkylation sites (tertiary alicyclic amines) is 1. The molecule has 8 heteroatoms. The van der Waals surface area contributed by atoms with Crippen LogP contribution in [0, 0.1) is 0 Å². The van der Waals surface area contributed by atoms with Gasteiger partial charge in [-0.25, -0.2) is 0 Å². The van der Waals surface area contributed by atoms with Gasteiger partial charge in [0.1, 0.15) is 22.7 Å². The van der Waals surface area contributed by atoms with Crippen LogP contribution < -0.4 is 20.1 Å². The van der Waals surface area contributed by atoms with Gasteiger partial charge in [-0.1, -0.05) is 0 Å². The zero-order valence-corrected chi connectivity index (χ0v) is 16.5. The van der Waals surface area contributed by atoms with Crippen LogP contribution in [0.3, 0.4) is 0 Å². The first-order valence-corrected chi connectivity index (χ1v) is 10.1. The van der Waals surface area contributed by atoms with E-state index in [4.69, 9.17) is 13.9 Å². The normalized spacial score (nSPS) is 17.0. The van der Waals surface area contributed by atoms with E-state index in [1.807, 2.05) is 13.0 Å². The van der Waals surface area contributed by atoms with E-state index in [9.17, 15) is 0 Å². The lowest BCUT2D eigenvalue weighted by Gasteiger charge is -2.32. The lowest BCUT2D eigenvalue weighted by atomic mass is 10.0. The third-order valence-electron chi connectivity index (χ3n) is 5.41. The van der Waals surface area contributed by atoms with E-state index in [2.05, 4.69) is 37.6 Å². The Bertz CT molecular complexity index is 964. The first kappa shape index (κ1) is 18.1. The Morgan fingerprint density at radius 3 is 3.03 bits per heavy atom. The predicted octanol–water partition coefficient (Wildman–Crippen LogP) is 3.46. The molecule has 0 saturated carbocycles. The van der Waals surface area contributed by atoms with E-state index in [1.165, 1.54) is 5.56 Å². The van der Waals surface area contributed by atoms with Crippen molar-refractivity contribution in [2.45, 2.75) is 32.4 Å². The SMILES string of the molecule is CCOc1cc(CN2CCC(Nc3nc4ccncc4o3)CC2)cc2c1NCO2. The second-order valence-corrected chi connectivity index (χ2v) is 7.42. The van der Waals surface area contributed by atoms with Crippen LogP contribution in [0.4, 0.5) is 11.7 Å². The van der Waals surface area contributed by atoms with Crippen molar-refractivity contribution in [1.29, 1.82) is 0 Å². The number of nitrogens with zero attached hydrogens (tertiary/aromatic N) is 3. The van der Waals surface area contributed by atoms with Crippen LogP contribution in [0.25, 0.3) is 11.1 Å². The first-order valence-electron chi connectivity index (χ1n) is 10.1. The van der Waals surface area contributed by atoms with Gasteiger partial charge in [0, 0.05) is 31.9 Å². The fourth-order valence-electron chi connectivity index (χ4n) is 3.99. The van der Waals surface area contributed by atoms with Crippen LogP contribution in [0.1, 0.15) is 25.3 Å². The van der Waals surface area contributed by atoms with Crippen molar-refractivity contribution >= 4 is 22.8 Å². The van der Waals surface area contributed by atoms with Gasteiger partial charge in [-0.05, 0) is 43.5 Å². The summed E-state index contributed by atoms with van der Waals surface area (Å²) in [6, 6.07) is 7.05. The summed E-state index contributed by atoms with van der Waals surface area (Å²) >= 11 is 0. The fraction of sp³-hybridized carbons (Fsp3) is 0.429. The number of anilines is 2. The second-order valence-electron chi connectivity index (χ2n) is 7.42. The highest BCUT2D eigenvalue weighted by Gasteiger charge is 2.23. The number of hydrogen-bond acceptors (Lipinski definition) is 8. The summed E-state index contributed by atoms with van der Waals surface area (Å²) in [5, 5.41) is 6.67. The van der Waals surface area contributed by atoms with Gasteiger partial charge in [-0.2, -0.15) is 4.98 Å². The number of oxazole rings is 1. The summed E-state index contributed by atoms with van der Waals surface area (Å²) < 4.78 is 17.2. The van der Waals surface area contributed by atoms with E-state index in [0.717, 1.165) is 55.2 Å². The van der Waals surface area contributed by atoms with Gasteiger partial charge in [-0.3, -0.25) is 9.88 Å². The van der Waals surface area contributed by atoms with E-state index in [1.54, 1.807) is 12.4 Å². The number of benzene rings is 1. The Hall–Kier alpha value is -3.00. The van der Waals surface area contributed by atoms with Crippen LogP contribution in [-0.2, 0) is 6.54 Å². The molecular formula is C21H25N5O3. The summed E-state index contributed by atoms with van der Waals surface area (Å²) in [6.07, 6.45) is 5.50. The summed E-state index contributed by atoms with van der Waals surface area (Å²) in [4.78, 5) is 11.0. The Labute approximate surface area is 169 Å². The maximum Gasteiger partial charge on any atom is 0.295 e. The predicted molar refractivity (Wildman–Crippen MR) is 110 cm³/mol. The summed E-state index contributed by atoms with van der Waals surface area (Å²) in [7, 11) is 0. The molecule has 3 aromatic rings. The molecule has 0 amide bonds. The monoisotopic (exact) mass is 395 g/mol. The molecule has 0 atom stereocenters. The molecule has 0 aliphatic carbocycles. The molecule has 1 saturated heterocycles. The highest BCUT2D eigenvalue weighted by molar-refractivity contribution is 5.73. The molecule has 2 aromatic heterocycles. The number of ether oxygens (including phenoxy) is 2. The molecule has 0 unspecified atom stereocenters. The smallest absolute Gasteiger partial charge is 0.295 e. The van der Waals surface area contributed by atoms with Crippen molar-refractivity contribution in [2.75, 3.05) is 37.1 Å². The third kappa shape index (κ3) is 3.80. The topological polar surface area (TPSA) is 84.7 Å². The molecular weight excluding hydrogens is 370 g/mol. The van der Waals surface area contributed by atoms with Gasteiger partial charge in [0.05, 0.1) is 12.8 Å². The van der Waals surface area contributed by atoms with E-state index >= 15 is 0 Å². The molecule has 29 heavy (non-hydrogen) atoms. The molecule has 0 spiro atoms. The summed E-state index contributed by atoms with van der Waals surface area (Å²) in [5.74, 6) is 1.76. The summed E-state index contributed by atoms with van der Waals surface area (Å²) in [5.41, 5.74) is 3.73. The van der Waals surface area contributed by atoms with Crippen molar-refractivity contribution in [3.8, 4) is 11.5 Å². The molecule has 1 aromatic carbocycles. The molecule has 5 rings (SSSR count). The standard InChI is InChI=1S/C21H25N5O3/c1-2-27-17-9-14(10-18-20(17)23-13-28-18)12-26-7-4-15(5-8-26)24-21-25-16-3-6-22-11-19(16)29-21/h3,6,9-11,15,23H,2,4-5,7-8,12-13H2,1H3,(H,24,25). The van der Waals surface area contributed by atoms with E-state index in [-0.39, 0.29) is 0 Å². The Balaban J connectivity index is 1.19. The average Bonchev–Trinajstić information content (AvgIpc) is 3.36. The number of nitrogens with one attached hydrogen (secondary N) is 2. The number of piperidine rings is 1. The molecule has 2 aliphatic heterocycles. The van der Waals surface area contributed by atoms with Crippen molar-refractivity contribution in [3.05, 3.63) is 36.2 Å². The van der Waals surface area contributed by atoms with Crippen molar-refractivity contribution in [3.63, 3.8) is 0 Å². The maximum absolute atomic E-state index is 5.79. The minimum atomic E-state index is 0.360. The Morgan fingerprint density at radius 2 is 2.21 bits per heavy atom. The Kier molecular flexibility index (Phi) is 4.85. The Morgan fingerprint density at radius 1 is 1.31 bits per heavy atom. The molecule has 4 heterocycles. The van der Waals surface area contributed by atoms with Crippen LogP contribution in [0.15, 0.2) is 35.0 Å². The number of pyridine rings is 1. The lowest BCUT2D eigenvalue weighted by molar-refractivity contribution is 0.210. The van der Waals surface area contributed by atoms with Crippen LogP contribution >= 0.6 is 0 Å². The molecule has 152 valence electrons. The highest BCUT2D eigenvalue weighted by Crippen LogP contribution is 2.39. The number of aromatic nitrogens is 2. The maximum atomic E-state index is 5.79. The average molecular weight is 395 g/mol. The lowest BCUT2D eigenvalue weighted by Crippen LogP contribution is -2.38. The van der Waals surface area contributed by atoms with E-state index in [0.29, 0.717) is 31.0 Å². The van der Waals surface area contributed by atoms with Crippen LogP contribution in [0.5, 0.6) is 11.5 Å². The minimum absolute atomic E-state index is 0.360. The quantitative estimate of drug-likeness (QED) is 0.656. The highest BCUT2D eigenvalue weighted by atomic mass is 16.5. The van der Waals surface area contributed by atoms with Gasteiger partial charge in [0.15, 0.2) is 12.3 Å². The number of fused-ring (bicyclic) bond motifs is 2. The molecule has 1 fully saturated rings. The largest absolute Gasteiger partial charge is 0.492 e. The molecule has 8 nitrogen and oxygen atoms in total. The second kappa shape index (κ2) is 7.79. The molecule has 0 radical (unpaired) electrons. The zero-order chi connectivity index (χ0) is 19.6. The number of rotatable bonds is 6. The van der Waals surface area contributed by atoms with Crippen LogP contribution in [-0.4, -0.2) is 47.3 Å². The van der Waals surface area contributed by atoms with Gasteiger partial charge in [0.25, 0.3) is 6.01 Å². The number of hydrogen-bond donors (Lipinski definition) is 2. The van der Waals surface area contributed by atoms with Crippen molar-refractivity contribution in [1.82, 2.24) is 14.9 Å². The van der Waals surface area contributed by atoms with Gasteiger partial charge in [-0.15, -0.1) is 0 Å². The van der Waals surface area contributed by atoms with Crippen LogP contribution in [0.2, 0.25) is 0 Å². The van der Waals surface area contributed by atoms with Crippen molar-refractivity contribution in [2.24, 2.45) is 0 Å². The minimum Gasteiger partial charge on any atom is -0.492 e. The van der Waals surface area contributed by atoms with Gasteiger partial charge >= 0.3 is 0 Å². The summed E-state index contributed by atoms with van der Waals surface area (Å²) in [6.45, 7) is 6.06. The molecule has 0 bridgehead atoms. The molecule has 2 N–H and O–H groups in total. The zero-order valence-electron chi connectivity index (χ0n) is 16.5. The fourth-order valence-corrected chi connectivity index (χ4v) is 3.99. The molecule has 2 aliphatic rings.